The summed E-state index contributed by atoms with van der Waals surface area (Å²) in [6, 6.07) is 16.4. The van der Waals surface area contributed by atoms with Gasteiger partial charge in [-0.2, -0.15) is 0 Å². The minimum Gasteiger partial charge on any atom is -0.357 e. The predicted molar refractivity (Wildman–Crippen MR) is 109 cm³/mol. The second-order valence-electron chi connectivity index (χ2n) is 6.39. The van der Waals surface area contributed by atoms with Gasteiger partial charge in [0.1, 0.15) is 6.54 Å². The molecule has 0 radical (unpaired) electrons. The normalized spacial score (nSPS) is 11.9. The molecule has 27 heavy (non-hydrogen) atoms. The molecule has 3 rings (SSSR count). The maximum Gasteiger partial charge on any atom is 0.191 e. The number of hydrogen-bond acceptors (Lipinski definition) is 4. The minimum absolute atomic E-state index is 0.473. The number of nitrogens with one attached hydrogen (secondary N) is 2. The van der Waals surface area contributed by atoms with E-state index in [1.807, 2.05) is 34.9 Å². The molecule has 1 aromatic carbocycles. The van der Waals surface area contributed by atoms with Gasteiger partial charge in [-0.1, -0.05) is 36.4 Å². The first-order valence-electron chi connectivity index (χ1n) is 9.29. The fourth-order valence-electron chi connectivity index (χ4n) is 2.83. The lowest BCUT2D eigenvalue weighted by molar-refractivity contribution is 0.331. The van der Waals surface area contributed by atoms with E-state index in [0.717, 1.165) is 43.6 Å². The summed E-state index contributed by atoms with van der Waals surface area (Å²) in [6.07, 6.45) is 1.96. The molecule has 0 unspecified atom stereocenters. The maximum absolute atomic E-state index is 4.64. The van der Waals surface area contributed by atoms with Gasteiger partial charge in [0.15, 0.2) is 17.4 Å². The molecule has 0 spiro atoms. The zero-order chi connectivity index (χ0) is 18.9. The van der Waals surface area contributed by atoms with Crippen molar-refractivity contribution in [3.8, 4) is 0 Å². The third-order valence-corrected chi connectivity index (χ3v) is 4.19. The van der Waals surface area contributed by atoms with Gasteiger partial charge in [-0.3, -0.25) is 4.40 Å². The Hall–Kier alpha value is -2.93. The number of hydrogen-bond donors (Lipinski definition) is 2. The van der Waals surface area contributed by atoms with Gasteiger partial charge in [-0.05, 0) is 31.7 Å². The van der Waals surface area contributed by atoms with E-state index in [4.69, 9.17) is 0 Å². The molecule has 0 saturated heterocycles. The molecule has 0 fully saturated rings. The number of pyridine rings is 1. The molecule has 0 atom stereocenters. The topological polar surface area (TPSA) is 69.8 Å². The predicted octanol–water partition coefficient (Wildman–Crippen LogP) is 1.92. The summed E-state index contributed by atoms with van der Waals surface area (Å²) in [5.74, 6) is 1.61. The number of nitrogens with zero attached hydrogens (tertiary/aromatic N) is 5. The highest BCUT2D eigenvalue weighted by Gasteiger charge is 2.05. The minimum atomic E-state index is 0.473. The maximum atomic E-state index is 4.64. The molecule has 7 nitrogen and oxygen atoms in total. The van der Waals surface area contributed by atoms with Crippen molar-refractivity contribution in [2.24, 2.45) is 4.99 Å². The van der Waals surface area contributed by atoms with E-state index < -0.39 is 0 Å². The van der Waals surface area contributed by atoms with E-state index in [1.165, 1.54) is 5.56 Å². The Kier molecular flexibility index (Phi) is 6.76. The average Bonchev–Trinajstić information content (AvgIpc) is 3.10. The molecular weight excluding hydrogens is 338 g/mol. The van der Waals surface area contributed by atoms with Crippen LogP contribution in [0.3, 0.4) is 0 Å². The Bertz CT molecular complexity index is 857. The number of aliphatic imine (C=N–C) groups is 1. The van der Waals surface area contributed by atoms with Gasteiger partial charge in [-0.15, -0.1) is 10.2 Å². The standard InChI is InChI=1S/C20H27N7/c1-3-21-20(22-12-14-26(2)16-17-9-5-4-6-10-17)23-15-19-25-24-18-11-7-8-13-27(18)19/h4-11,13H,3,12,14-16H2,1-2H3,(H2,21,22,23). The zero-order valence-corrected chi connectivity index (χ0v) is 16.0. The number of fused-ring (bicyclic) bond motifs is 1. The van der Waals surface area contributed by atoms with Crippen LogP contribution in [0.1, 0.15) is 18.3 Å². The Morgan fingerprint density at radius 1 is 1.07 bits per heavy atom. The van der Waals surface area contributed by atoms with Crippen LogP contribution in [-0.2, 0) is 13.1 Å². The first-order chi connectivity index (χ1) is 13.3. The summed E-state index contributed by atoms with van der Waals surface area (Å²) in [7, 11) is 2.13. The number of guanidine groups is 1. The Morgan fingerprint density at radius 3 is 2.70 bits per heavy atom. The number of likely N-dealkylation sites (N-methyl/N-ethyl adjacent to an activating group) is 1. The van der Waals surface area contributed by atoms with E-state index in [9.17, 15) is 0 Å². The lowest BCUT2D eigenvalue weighted by Crippen LogP contribution is -2.40. The van der Waals surface area contributed by atoms with Crippen molar-refractivity contribution in [3.05, 3.63) is 66.1 Å². The Labute approximate surface area is 160 Å². The molecule has 0 aliphatic rings. The molecular formula is C20H27N7. The van der Waals surface area contributed by atoms with E-state index in [0.29, 0.717) is 6.54 Å². The molecule has 0 bridgehead atoms. The van der Waals surface area contributed by atoms with Crippen LogP contribution in [0.4, 0.5) is 0 Å². The summed E-state index contributed by atoms with van der Waals surface area (Å²) < 4.78 is 1.96. The monoisotopic (exact) mass is 365 g/mol. The van der Waals surface area contributed by atoms with Crippen molar-refractivity contribution in [2.75, 3.05) is 26.7 Å². The van der Waals surface area contributed by atoms with E-state index in [2.05, 4.69) is 69.0 Å². The molecule has 0 saturated carbocycles. The van der Waals surface area contributed by atoms with Crippen LogP contribution in [0.15, 0.2) is 59.7 Å². The highest BCUT2D eigenvalue weighted by Crippen LogP contribution is 2.04. The molecule has 3 aromatic rings. The number of rotatable bonds is 8. The lowest BCUT2D eigenvalue weighted by Gasteiger charge is -2.18. The van der Waals surface area contributed by atoms with Crippen LogP contribution < -0.4 is 10.6 Å². The molecule has 0 aliphatic heterocycles. The molecule has 2 heterocycles. The third-order valence-electron chi connectivity index (χ3n) is 4.19. The summed E-state index contributed by atoms with van der Waals surface area (Å²) in [6.45, 7) is 6.02. The molecule has 2 aromatic heterocycles. The smallest absolute Gasteiger partial charge is 0.191 e. The SMILES string of the molecule is CCNC(=NCc1nnc2ccccn12)NCCN(C)Cc1ccccc1. The summed E-state index contributed by atoms with van der Waals surface area (Å²) >= 11 is 0. The van der Waals surface area contributed by atoms with Crippen LogP contribution in [0.2, 0.25) is 0 Å². The fourth-order valence-corrected chi connectivity index (χ4v) is 2.83. The van der Waals surface area contributed by atoms with E-state index in [1.54, 1.807) is 0 Å². The van der Waals surface area contributed by atoms with Crippen molar-refractivity contribution >= 4 is 11.6 Å². The second kappa shape index (κ2) is 9.68. The zero-order valence-electron chi connectivity index (χ0n) is 16.0. The van der Waals surface area contributed by atoms with Gasteiger partial charge < -0.3 is 15.5 Å². The van der Waals surface area contributed by atoms with E-state index >= 15 is 0 Å². The van der Waals surface area contributed by atoms with Crippen LogP contribution in [-0.4, -0.2) is 52.1 Å². The van der Waals surface area contributed by atoms with Gasteiger partial charge in [0.05, 0.1) is 0 Å². The van der Waals surface area contributed by atoms with Gasteiger partial charge in [0, 0.05) is 32.4 Å². The van der Waals surface area contributed by atoms with Gasteiger partial charge in [0.2, 0.25) is 0 Å². The molecule has 0 amide bonds. The summed E-state index contributed by atoms with van der Waals surface area (Å²) in [5, 5.41) is 15.1. The third kappa shape index (κ3) is 5.52. The quantitative estimate of drug-likeness (QED) is 0.471. The molecule has 7 heteroatoms. The fraction of sp³-hybridized carbons (Fsp3) is 0.350. The highest BCUT2D eigenvalue weighted by atomic mass is 15.3. The van der Waals surface area contributed by atoms with Gasteiger partial charge in [0.25, 0.3) is 0 Å². The van der Waals surface area contributed by atoms with Crippen molar-refractivity contribution in [2.45, 2.75) is 20.0 Å². The Balaban J connectivity index is 1.51. The molecule has 0 aliphatic carbocycles. The molecule has 2 N–H and O–H groups in total. The average molecular weight is 365 g/mol. The van der Waals surface area contributed by atoms with E-state index in [-0.39, 0.29) is 0 Å². The number of aromatic nitrogens is 3. The van der Waals surface area contributed by atoms with Crippen LogP contribution in [0.5, 0.6) is 0 Å². The first-order valence-corrected chi connectivity index (χ1v) is 9.29. The highest BCUT2D eigenvalue weighted by molar-refractivity contribution is 5.79. The van der Waals surface area contributed by atoms with Crippen molar-refractivity contribution in [1.29, 1.82) is 0 Å². The Morgan fingerprint density at radius 2 is 1.89 bits per heavy atom. The van der Waals surface area contributed by atoms with Crippen LogP contribution in [0.25, 0.3) is 5.65 Å². The summed E-state index contributed by atoms with van der Waals surface area (Å²) in [4.78, 5) is 6.93. The van der Waals surface area contributed by atoms with Crippen LogP contribution >= 0.6 is 0 Å². The summed E-state index contributed by atoms with van der Waals surface area (Å²) in [5.41, 5.74) is 2.16. The second-order valence-corrected chi connectivity index (χ2v) is 6.39. The van der Waals surface area contributed by atoms with Crippen molar-refractivity contribution in [1.82, 2.24) is 30.1 Å². The van der Waals surface area contributed by atoms with Gasteiger partial charge >= 0.3 is 0 Å². The number of benzene rings is 1. The van der Waals surface area contributed by atoms with Gasteiger partial charge in [-0.25, -0.2) is 4.99 Å². The van der Waals surface area contributed by atoms with Crippen molar-refractivity contribution in [3.63, 3.8) is 0 Å². The largest absolute Gasteiger partial charge is 0.357 e. The first kappa shape index (κ1) is 18.8. The van der Waals surface area contributed by atoms with Crippen LogP contribution in [0, 0.1) is 0 Å². The van der Waals surface area contributed by atoms with Crippen molar-refractivity contribution < 1.29 is 0 Å². The molecule has 142 valence electrons. The lowest BCUT2D eigenvalue weighted by atomic mass is 10.2.